The van der Waals surface area contributed by atoms with E-state index in [1.807, 2.05) is 13.8 Å². The zero-order chi connectivity index (χ0) is 13.2. The van der Waals surface area contributed by atoms with Gasteiger partial charge in [0.05, 0.1) is 11.8 Å². The molecule has 0 radical (unpaired) electrons. The lowest BCUT2D eigenvalue weighted by Gasteiger charge is -2.17. The van der Waals surface area contributed by atoms with Crippen LogP contribution < -0.4 is 4.90 Å². The normalized spacial score (nSPS) is 28.4. The summed E-state index contributed by atoms with van der Waals surface area (Å²) in [4.78, 5) is 35.8. The fraction of sp³-hybridized carbons (Fsp3) is 0.455. The van der Waals surface area contributed by atoms with E-state index in [-0.39, 0.29) is 40.6 Å². The molecule has 2 N–H and O–H groups in total. The van der Waals surface area contributed by atoms with Crippen molar-refractivity contribution in [2.45, 2.75) is 13.8 Å². The van der Waals surface area contributed by atoms with E-state index in [4.69, 9.17) is 5.11 Å². The lowest BCUT2D eigenvalue weighted by molar-refractivity contribution is -0.125. The summed E-state index contributed by atoms with van der Waals surface area (Å²) in [6.07, 6.45) is 0. The van der Waals surface area contributed by atoms with Gasteiger partial charge in [-0.05, 0) is 5.41 Å². The van der Waals surface area contributed by atoms with Crippen LogP contribution in [-0.2, 0) is 9.59 Å². The number of aromatic nitrogens is 2. The maximum absolute atomic E-state index is 12.1. The standard InChI is InChI=1S/C11H11N3O4/c1-11(2)6-7(11)9(16)14(8(6)15)5-3-4(10(17)18)12-13-5/h3,6-7H,1-2H3,(H,12,13)(H,17,18). The summed E-state index contributed by atoms with van der Waals surface area (Å²) in [5.74, 6) is -2.30. The molecule has 18 heavy (non-hydrogen) atoms. The van der Waals surface area contributed by atoms with E-state index in [1.165, 1.54) is 6.07 Å². The van der Waals surface area contributed by atoms with Gasteiger partial charge in [-0.15, -0.1) is 0 Å². The van der Waals surface area contributed by atoms with Crippen LogP contribution >= 0.6 is 0 Å². The monoisotopic (exact) mass is 249 g/mol. The Hall–Kier alpha value is -2.18. The third-order valence-corrected chi connectivity index (χ3v) is 3.82. The van der Waals surface area contributed by atoms with Gasteiger partial charge in [-0.2, -0.15) is 5.10 Å². The Balaban J connectivity index is 1.93. The highest BCUT2D eigenvalue weighted by atomic mass is 16.4. The average molecular weight is 249 g/mol. The molecule has 1 saturated carbocycles. The molecular formula is C11H11N3O4. The fourth-order valence-electron chi connectivity index (χ4n) is 2.71. The van der Waals surface area contributed by atoms with Crippen LogP contribution in [0.2, 0.25) is 0 Å². The molecule has 0 bridgehead atoms. The number of nitrogens with one attached hydrogen (secondary N) is 1. The Morgan fingerprint density at radius 2 is 1.94 bits per heavy atom. The van der Waals surface area contributed by atoms with Gasteiger partial charge in [0.1, 0.15) is 5.69 Å². The van der Waals surface area contributed by atoms with E-state index in [2.05, 4.69) is 10.2 Å². The van der Waals surface area contributed by atoms with Crippen molar-refractivity contribution in [3.8, 4) is 0 Å². The van der Waals surface area contributed by atoms with Crippen molar-refractivity contribution in [1.29, 1.82) is 0 Å². The Morgan fingerprint density at radius 1 is 1.39 bits per heavy atom. The lowest BCUT2D eigenvalue weighted by atomic mass is 10.1. The smallest absolute Gasteiger partial charge is 0.353 e. The van der Waals surface area contributed by atoms with Gasteiger partial charge >= 0.3 is 5.97 Å². The molecule has 3 rings (SSSR count). The summed E-state index contributed by atoms with van der Waals surface area (Å²) >= 11 is 0. The summed E-state index contributed by atoms with van der Waals surface area (Å²) in [7, 11) is 0. The van der Waals surface area contributed by atoms with Gasteiger partial charge in [-0.3, -0.25) is 14.7 Å². The summed E-state index contributed by atoms with van der Waals surface area (Å²) in [5.41, 5.74) is -0.429. The van der Waals surface area contributed by atoms with Crippen molar-refractivity contribution in [2.24, 2.45) is 17.3 Å². The highest BCUT2D eigenvalue weighted by molar-refractivity contribution is 6.25. The Kier molecular flexibility index (Phi) is 1.81. The molecule has 2 heterocycles. The van der Waals surface area contributed by atoms with Gasteiger partial charge < -0.3 is 5.11 Å². The summed E-state index contributed by atoms with van der Waals surface area (Å²) in [6, 6.07) is 1.19. The molecule has 7 heteroatoms. The Labute approximate surface area is 102 Å². The van der Waals surface area contributed by atoms with Gasteiger partial charge in [-0.1, -0.05) is 13.8 Å². The SMILES string of the molecule is CC1(C)C2C(=O)N(c3cc(C(=O)O)[nH]n3)C(=O)C21. The van der Waals surface area contributed by atoms with E-state index in [0.717, 1.165) is 4.90 Å². The molecular weight excluding hydrogens is 238 g/mol. The van der Waals surface area contributed by atoms with Crippen LogP contribution in [0.1, 0.15) is 24.3 Å². The summed E-state index contributed by atoms with van der Waals surface area (Å²) < 4.78 is 0. The molecule has 0 spiro atoms. The predicted octanol–water partition coefficient (Wildman–Crippen LogP) is 0.253. The van der Waals surface area contributed by atoms with Crippen LogP contribution in [0.25, 0.3) is 0 Å². The average Bonchev–Trinajstić information content (AvgIpc) is 2.65. The van der Waals surface area contributed by atoms with Crippen LogP contribution in [0.5, 0.6) is 0 Å². The largest absolute Gasteiger partial charge is 0.477 e. The first-order valence-electron chi connectivity index (χ1n) is 5.52. The zero-order valence-electron chi connectivity index (χ0n) is 9.80. The molecule has 2 unspecified atom stereocenters. The van der Waals surface area contributed by atoms with Crippen molar-refractivity contribution in [2.75, 3.05) is 4.90 Å². The molecule has 2 atom stereocenters. The third-order valence-electron chi connectivity index (χ3n) is 3.82. The van der Waals surface area contributed by atoms with Crippen molar-refractivity contribution >= 4 is 23.6 Å². The second kappa shape index (κ2) is 2.98. The van der Waals surface area contributed by atoms with Crippen LogP contribution in [-0.4, -0.2) is 33.1 Å². The predicted molar refractivity (Wildman–Crippen MR) is 58.8 cm³/mol. The lowest BCUT2D eigenvalue weighted by Crippen LogP contribution is -2.36. The second-order valence-corrected chi connectivity index (χ2v) is 5.23. The fourth-order valence-corrected chi connectivity index (χ4v) is 2.71. The van der Waals surface area contributed by atoms with Crippen molar-refractivity contribution in [3.05, 3.63) is 11.8 Å². The number of imide groups is 1. The number of hydrogen-bond donors (Lipinski definition) is 2. The van der Waals surface area contributed by atoms with E-state index in [0.29, 0.717) is 0 Å². The number of amides is 2. The minimum Gasteiger partial charge on any atom is -0.477 e. The van der Waals surface area contributed by atoms with Crippen LogP contribution in [0, 0.1) is 17.3 Å². The van der Waals surface area contributed by atoms with E-state index < -0.39 is 5.97 Å². The van der Waals surface area contributed by atoms with Gasteiger partial charge in [0, 0.05) is 6.07 Å². The zero-order valence-corrected chi connectivity index (χ0v) is 9.80. The number of nitrogens with zero attached hydrogens (tertiary/aromatic N) is 2. The van der Waals surface area contributed by atoms with Crippen LogP contribution in [0.15, 0.2) is 6.07 Å². The van der Waals surface area contributed by atoms with Crippen LogP contribution in [0.4, 0.5) is 5.82 Å². The molecule has 1 aliphatic heterocycles. The quantitative estimate of drug-likeness (QED) is 0.731. The minimum atomic E-state index is -1.18. The van der Waals surface area contributed by atoms with E-state index in [9.17, 15) is 14.4 Å². The number of fused-ring (bicyclic) bond motifs is 1. The Morgan fingerprint density at radius 3 is 2.39 bits per heavy atom. The molecule has 2 fully saturated rings. The number of carbonyl (C=O) groups is 3. The van der Waals surface area contributed by atoms with Crippen molar-refractivity contribution in [3.63, 3.8) is 0 Å². The number of H-pyrrole nitrogens is 1. The van der Waals surface area contributed by atoms with E-state index in [1.54, 1.807) is 0 Å². The number of piperidine rings is 1. The molecule has 94 valence electrons. The minimum absolute atomic E-state index is 0.0606. The second-order valence-electron chi connectivity index (χ2n) is 5.23. The molecule has 2 amide bonds. The first-order chi connectivity index (χ1) is 8.35. The number of aromatic carboxylic acids is 1. The molecule has 7 nitrogen and oxygen atoms in total. The van der Waals surface area contributed by atoms with Crippen molar-refractivity contribution in [1.82, 2.24) is 10.2 Å². The van der Waals surface area contributed by atoms with Crippen molar-refractivity contribution < 1.29 is 19.5 Å². The molecule has 1 aromatic rings. The highest BCUT2D eigenvalue weighted by Gasteiger charge is 2.73. The number of hydrogen-bond acceptors (Lipinski definition) is 4. The van der Waals surface area contributed by atoms with Gasteiger partial charge in [0.25, 0.3) is 0 Å². The number of carbonyl (C=O) groups excluding carboxylic acids is 2. The summed E-state index contributed by atoms with van der Waals surface area (Å²) in [6.45, 7) is 3.76. The molecule has 1 saturated heterocycles. The third kappa shape index (κ3) is 1.13. The Bertz CT molecular complexity index is 565. The number of anilines is 1. The number of carboxylic acid groups (broad SMARTS) is 1. The number of aromatic amines is 1. The maximum atomic E-state index is 12.1. The first-order valence-corrected chi connectivity index (χ1v) is 5.52. The molecule has 0 aromatic carbocycles. The van der Waals surface area contributed by atoms with E-state index >= 15 is 0 Å². The maximum Gasteiger partial charge on any atom is 0.353 e. The highest BCUT2D eigenvalue weighted by Crippen LogP contribution is 2.63. The van der Waals surface area contributed by atoms with Gasteiger partial charge in [-0.25, -0.2) is 9.69 Å². The molecule has 1 aliphatic carbocycles. The topological polar surface area (TPSA) is 103 Å². The van der Waals surface area contributed by atoms with Crippen LogP contribution in [0.3, 0.4) is 0 Å². The van der Waals surface area contributed by atoms with Gasteiger partial charge in [0.15, 0.2) is 5.82 Å². The molecule has 1 aromatic heterocycles. The summed E-state index contributed by atoms with van der Waals surface area (Å²) in [5, 5.41) is 14.7. The first kappa shape index (κ1) is 10.9. The molecule has 2 aliphatic rings. The van der Waals surface area contributed by atoms with Gasteiger partial charge in [0.2, 0.25) is 11.8 Å². The number of carboxylic acids is 1. The number of rotatable bonds is 2.